The first-order valence-corrected chi connectivity index (χ1v) is 8.49. The van der Waals surface area contributed by atoms with Crippen molar-refractivity contribution >= 4 is 11.4 Å². The van der Waals surface area contributed by atoms with Gasteiger partial charge in [0.2, 0.25) is 0 Å². The van der Waals surface area contributed by atoms with Crippen LogP contribution in [-0.2, 0) is 0 Å². The second kappa shape index (κ2) is 6.51. The van der Waals surface area contributed by atoms with Gasteiger partial charge in [-0.2, -0.15) is 0 Å². The Morgan fingerprint density at radius 3 is 2.65 bits per heavy atom. The summed E-state index contributed by atoms with van der Waals surface area (Å²) in [5.41, 5.74) is 2.79. The summed E-state index contributed by atoms with van der Waals surface area (Å²) in [6.45, 7) is 4.78. The van der Waals surface area contributed by atoms with Crippen LogP contribution in [0.1, 0.15) is 51.9 Å². The highest BCUT2D eigenvalue weighted by atomic mass is 15.2. The standard InChI is InChI=1S/C18H28N2/c1-2-15-9-8-11-16(15)19-17-10-4-5-12-18(17)20-13-6-3-7-14-20/h4-5,10,12,15-16,19H,2-3,6-9,11,13-14H2,1H3. The van der Waals surface area contributed by atoms with Crippen LogP contribution in [0.5, 0.6) is 0 Å². The zero-order valence-corrected chi connectivity index (χ0v) is 12.8. The molecule has 2 aliphatic rings. The summed E-state index contributed by atoms with van der Waals surface area (Å²) in [5, 5.41) is 3.87. The van der Waals surface area contributed by atoms with Gasteiger partial charge in [-0.1, -0.05) is 31.9 Å². The lowest BCUT2D eigenvalue weighted by Crippen LogP contribution is -2.31. The Morgan fingerprint density at radius 2 is 1.85 bits per heavy atom. The number of para-hydroxylation sites is 2. The van der Waals surface area contributed by atoms with Gasteiger partial charge in [0.05, 0.1) is 11.4 Å². The Bertz CT molecular complexity index is 423. The Morgan fingerprint density at radius 1 is 1.05 bits per heavy atom. The van der Waals surface area contributed by atoms with Gasteiger partial charge < -0.3 is 10.2 Å². The minimum atomic E-state index is 0.686. The molecule has 110 valence electrons. The van der Waals surface area contributed by atoms with Crippen LogP contribution in [-0.4, -0.2) is 19.1 Å². The lowest BCUT2D eigenvalue weighted by molar-refractivity contribution is 0.489. The molecule has 1 aliphatic heterocycles. The summed E-state index contributed by atoms with van der Waals surface area (Å²) in [4.78, 5) is 2.57. The molecule has 0 radical (unpaired) electrons. The molecule has 1 saturated heterocycles. The Hall–Kier alpha value is -1.18. The molecule has 3 rings (SSSR count). The van der Waals surface area contributed by atoms with Crippen molar-refractivity contribution in [1.29, 1.82) is 0 Å². The van der Waals surface area contributed by atoms with Crippen LogP contribution in [0, 0.1) is 5.92 Å². The van der Waals surface area contributed by atoms with Crippen molar-refractivity contribution in [3.63, 3.8) is 0 Å². The summed E-state index contributed by atoms with van der Waals surface area (Å²) >= 11 is 0. The number of nitrogens with zero attached hydrogens (tertiary/aromatic N) is 1. The molecule has 2 fully saturated rings. The lowest BCUT2D eigenvalue weighted by atomic mass is 10.00. The molecule has 2 atom stereocenters. The molecule has 2 nitrogen and oxygen atoms in total. The van der Waals surface area contributed by atoms with Crippen LogP contribution in [0.15, 0.2) is 24.3 Å². The van der Waals surface area contributed by atoms with Crippen molar-refractivity contribution < 1.29 is 0 Å². The number of piperidine rings is 1. The molecule has 1 aromatic rings. The van der Waals surface area contributed by atoms with E-state index in [-0.39, 0.29) is 0 Å². The average Bonchev–Trinajstić information content (AvgIpc) is 2.96. The maximum Gasteiger partial charge on any atom is 0.0602 e. The predicted molar refractivity (Wildman–Crippen MR) is 87.5 cm³/mol. The first-order chi connectivity index (χ1) is 9.88. The number of hydrogen-bond donors (Lipinski definition) is 1. The topological polar surface area (TPSA) is 15.3 Å². The van der Waals surface area contributed by atoms with E-state index in [4.69, 9.17) is 0 Å². The van der Waals surface area contributed by atoms with Crippen molar-refractivity contribution in [3.8, 4) is 0 Å². The summed E-state index contributed by atoms with van der Waals surface area (Å²) in [7, 11) is 0. The molecule has 0 spiro atoms. The van der Waals surface area contributed by atoms with E-state index in [1.165, 1.54) is 69.4 Å². The quantitative estimate of drug-likeness (QED) is 0.857. The van der Waals surface area contributed by atoms with Gasteiger partial charge in [-0.15, -0.1) is 0 Å². The molecule has 2 unspecified atom stereocenters. The third-order valence-corrected chi connectivity index (χ3v) is 5.13. The molecule has 0 bridgehead atoms. The van der Waals surface area contributed by atoms with Crippen LogP contribution in [0.3, 0.4) is 0 Å². The first-order valence-electron chi connectivity index (χ1n) is 8.49. The molecule has 1 aliphatic carbocycles. The van der Waals surface area contributed by atoms with E-state index in [1.54, 1.807) is 0 Å². The van der Waals surface area contributed by atoms with Crippen molar-refractivity contribution in [1.82, 2.24) is 0 Å². The third kappa shape index (κ3) is 2.94. The van der Waals surface area contributed by atoms with Gasteiger partial charge in [0.1, 0.15) is 0 Å². The van der Waals surface area contributed by atoms with E-state index in [2.05, 4.69) is 41.4 Å². The fourth-order valence-corrected chi connectivity index (χ4v) is 3.92. The average molecular weight is 272 g/mol. The highest BCUT2D eigenvalue weighted by molar-refractivity contribution is 5.70. The van der Waals surface area contributed by atoms with E-state index in [9.17, 15) is 0 Å². The van der Waals surface area contributed by atoms with Crippen LogP contribution >= 0.6 is 0 Å². The number of rotatable bonds is 4. The molecular formula is C18H28N2. The molecule has 0 aromatic heterocycles. The van der Waals surface area contributed by atoms with Gasteiger partial charge in [-0.3, -0.25) is 0 Å². The van der Waals surface area contributed by atoms with Gasteiger partial charge in [0, 0.05) is 19.1 Å². The van der Waals surface area contributed by atoms with Crippen LogP contribution in [0.2, 0.25) is 0 Å². The molecule has 20 heavy (non-hydrogen) atoms. The van der Waals surface area contributed by atoms with E-state index in [0.717, 1.165) is 5.92 Å². The monoisotopic (exact) mass is 272 g/mol. The van der Waals surface area contributed by atoms with Gasteiger partial charge in [-0.25, -0.2) is 0 Å². The fraction of sp³-hybridized carbons (Fsp3) is 0.667. The highest BCUT2D eigenvalue weighted by Crippen LogP contribution is 2.34. The summed E-state index contributed by atoms with van der Waals surface area (Å²) in [6.07, 6.45) is 9.52. The second-order valence-electron chi connectivity index (χ2n) is 6.41. The summed E-state index contributed by atoms with van der Waals surface area (Å²) in [5.74, 6) is 0.865. The number of benzene rings is 1. The first kappa shape index (κ1) is 13.8. The zero-order valence-electron chi connectivity index (χ0n) is 12.8. The summed E-state index contributed by atoms with van der Waals surface area (Å²) in [6, 6.07) is 9.61. The SMILES string of the molecule is CCC1CCCC1Nc1ccccc1N1CCCCC1. The van der Waals surface area contributed by atoms with E-state index < -0.39 is 0 Å². The fourth-order valence-electron chi connectivity index (χ4n) is 3.92. The van der Waals surface area contributed by atoms with Crippen molar-refractivity contribution in [2.45, 2.75) is 57.9 Å². The Labute approximate surface area is 123 Å². The van der Waals surface area contributed by atoms with Gasteiger partial charge >= 0.3 is 0 Å². The number of anilines is 2. The Balaban J connectivity index is 1.75. The maximum atomic E-state index is 3.87. The van der Waals surface area contributed by atoms with Gasteiger partial charge in [0.15, 0.2) is 0 Å². The molecular weight excluding hydrogens is 244 g/mol. The van der Waals surface area contributed by atoms with E-state index >= 15 is 0 Å². The molecule has 2 heteroatoms. The lowest BCUT2D eigenvalue weighted by Gasteiger charge is -2.32. The van der Waals surface area contributed by atoms with Crippen LogP contribution < -0.4 is 10.2 Å². The maximum absolute atomic E-state index is 3.87. The molecule has 1 heterocycles. The number of hydrogen-bond acceptors (Lipinski definition) is 2. The van der Waals surface area contributed by atoms with Crippen LogP contribution in [0.25, 0.3) is 0 Å². The molecule has 0 amide bonds. The van der Waals surface area contributed by atoms with Crippen molar-refractivity contribution in [3.05, 3.63) is 24.3 Å². The van der Waals surface area contributed by atoms with Crippen molar-refractivity contribution in [2.24, 2.45) is 5.92 Å². The Kier molecular flexibility index (Phi) is 4.49. The largest absolute Gasteiger partial charge is 0.380 e. The minimum absolute atomic E-state index is 0.686. The van der Waals surface area contributed by atoms with Crippen molar-refractivity contribution in [2.75, 3.05) is 23.3 Å². The highest BCUT2D eigenvalue weighted by Gasteiger charge is 2.26. The second-order valence-corrected chi connectivity index (χ2v) is 6.41. The molecule has 1 saturated carbocycles. The summed E-state index contributed by atoms with van der Waals surface area (Å²) < 4.78 is 0. The zero-order chi connectivity index (χ0) is 13.8. The smallest absolute Gasteiger partial charge is 0.0602 e. The van der Waals surface area contributed by atoms with E-state index in [0.29, 0.717) is 6.04 Å². The number of nitrogens with one attached hydrogen (secondary N) is 1. The molecule has 1 aromatic carbocycles. The van der Waals surface area contributed by atoms with Crippen LogP contribution in [0.4, 0.5) is 11.4 Å². The minimum Gasteiger partial charge on any atom is -0.380 e. The normalized spacial score (nSPS) is 26.8. The van der Waals surface area contributed by atoms with Gasteiger partial charge in [-0.05, 0) is 50.2 Å². The van der Waals surface area contributed by atoms with Gasteiger partial charge in [0.25, 0.3) is 0 Å². The third-order valence-electron chi connectivity index (χ3n) is 5.13. The predicted octanol–water partition coefficient (Wildman–Crippen LogP) is 4.67. The van der Waals surface area contributed by atoms with E-state index in [1.807, 2.05) is 0 Å². The molecule has 1 N–H and O–H groups in total.